The Morgan fingerprint density at radius 1 is 1.50 bits per heavy atom. The molecule has 0 atom stereocenters. The molecule has 0 aliphatic rings. The maximum atomic E-state index is 12.4. The smallest absolute Gasteiger partial charge is 0.248 e. The predicted molar refractivity (Wildman–Crippen MR) is 71.8 cm³/mol. The van der Waals surface area contributed by atoms with Crippen LogP contribution in [0.25, 0.3) is 0 Å². The Kier molecular flexibility index (Phi) is 4.83. The normalized spacial score (nSPS) is 12.0. The third-order valence-electron chi connectivity index (χ3n) is 2.53. The standard InChI is InChI=1S/C10H17N3O3S2/c1-4-13(6-5-9(11)17)18(14,15)10-7(2)12-16-8(10)3/h4-6H2,1-3H3,(H2,11,17). The summed E-state index contributed by atoms with van der Waals surface area (Å²) in [4.78, 5) is 0.426. The molecule has 0 unspecified atom stereocenters. The molecule has 0 saturated carbocycles. The summed E-state index contributed by atoms with van der Waals surface area (Å²) < 4.78 is 31.1. The zero-order valence-electron chi connectivity index (χ0n) is 10.6. The first-order valence-corrected chi connectivity index (χ1v) is 7.36. The van der Waals surface area contributed by atoms with Crippen LogP contribution in [0.4, 0.5) is 0 Å². The van der Waals surface area contributed by atoms with Gasteiger partial charge >= 0.3 is 0 Å². The molecule has 1 aromatic heterocycles. The van der Waals surface area contributed by atoms with Gasteiger partial charge in [-0.05, 0) is 13.8 Å². The van der Waals surface area contributed by atoms with Crippen molar-refractivity contribution in [2.24, 2.45) is 5.73 Å². The zero-order valence-corrected chi connectivity index (χ0v) is 12.3. The highest BCUT2D eigenvalue weighted by Crippen LogP contribution is 2.23. The van der Waals surface area contributed by atoms with Crippen LogP contribution in [0.1, 0.15) is 24.8 Å². The second-order valence-corrected chi connectivity index (χ2v) is 6.27. The summed E-state index contributed by atoms with van der Waals surface area (Å²) in [5, 5.41) is 3.66. The van der Waals surface area contributed by atoms with Gasteiger partial charge in [0.2, 0.25) is 10.0 Å². The summed E-state index contributed by atoms with van der Waals surface area (Å²) in [5.41, 5.74) is 5.76. The quantitative estimate of drug-likeness (QED) is 0.786. The van der Waals surface area contributed by atoms with Gasteiger partial charge in [-0.1, -0.05) is 24.3 Å². The van der Waals surface area contributed by atoms with Crippen molar-refractivity contribution < 1.29 is 12.9 Å². The van der Waals surface area contributed by atoms with Crippen LogP contribution in [0, 0.1) is 13.8 Å². The van der Waals surface area contributed by atoms with Crippen LogP contribution < -0.4 is 5.73 Å². The lowest BCUT2D eigenvalue weighted by Gasteiger charge is -2.19. The molecule has 0 aliphatic heterocycles. The van der Waals surface area contributed by atoms with E-state index in [1.807, 2.05) is 0 Å². The maximum absolute atomic E-state index is 12.4. The second-order valence-electron chi connectivity index (χ2n) is 3.87. The summed E-state index contributed by atoms with van der Waals surface area (Å²) in [7, 11) is -3.60. The number of rotatable bonds is 6. The first kappa shape index (κ1) is 15.1. The van der Waals surface area contributed by atoms with Gasteiger partial charge in [-0.25, -0.2) is 8.42 Å². The van der Waals surface area contributed by atoms with Crippen LogP contribution in [-0.4, -0.2) is 36.0 Å². The minimum absolute atomic E-state index is 0.132. The van der Waals surface area contributed by atoms with Crippen LogP contribution in [0.5, 0.6) is 0 Å². The molecule has 0 amide bonds. The number of hydrogen-bond donors (Lipinski definition) is 1. The molecule has 6 nitrogen and oxygen atoms in total. The Bertz CT molecular complexity index is 517. The van der Waals surface area contributed by atoms with Gasteiger partial charge in [0.25, 0.3) is 0 Å². The molecular formula is C10H17N3O3S2. The number of aromatic nitrogens is 1. The van der Waals surface area contributed by atoms with Crippen molar-refractivity contribution in [3.8, 4) is 0 Å². The van der Waals surface area contributed by atoms with Crippen molar-refractivity contribution in [3.63, 3.8) is 0 Å². The summed E-state index contributed by atoms with van der Waals surface area (Å²) >= 11 is 4.76. The Labute approximate surface area is 112 Å². The van der Waals surface area contributed by atoms with Gasteiger partial charge in [0.15, 0.2) is 5.76 Å². The molecule has 1 rings (SSSR count). The molecule has 102 valence electrons. The monoisotopic (exact) mass is 291 g/mol. The number of sulfonamides is 1. The lowest BCUT2D eigenvalue weighted by Crippen LogP contribution is -2.34. The molecular weight excluding hydrogens is 274 g/mol. The highest BCUT2D eigenvalue weighted by atomic mass is 32.2. The van der Waals surface area contributed by atoms with E-state index in [2.05, 4.69) is 5.16 Å². The number of nitrogens with two attached hydrogens (primary N) is 1. The lowest BCUT2D eigenvalue weighted by molar-refractivity contribution is 0.389. The Morgan fingerprint density at radius 3 is 2.50 bits per heavy atom. The molecule has 0 bridgehead atoms. The fourth-order valence-corrected chi connectivity index (χ4v) is 3.49. The van der Waals surface area contributed by atoms with Crippen molar-refractivity contribution in [3.05, 3.63) is 11.5 Å². The molecule has 0 fully saturated rings. The molecule has 8 heteroatoms. The molecule has 0 aromatic carbocycles. The van der Waals surface area contributed by atoms with Crippen molar-refractivity contribution in [2.75, 3.05) is 13.1 Å². The molecule has 1 aromatic rings. The maximum Gasteiger partial charge on any atom is 0.248 e. The summed E-state index contributed by atoms with van der Waals surface area (Å²) in [6.07, 6.45) is 0.353. The molecule has 0 spiro atoms. The number of thiocarbonyl (C=S) groups is 1. The average molecular weight is 291 g/mol. The van der Waals surface area contributed by atoms with E-state index in [1.165, 1.54) is 4.31 Å². The molecule has 1 heterocycles. The van der Waals surface area contributed by atoms with E-state index < -0.39 is 10.0 Å². The number of hydrogen-bond acceptors (Lipinski definition) is 5. The minimum Gasteiger partial charge on any atom is -0.393 e. The molecule has 18 heavy (non-hydrogen) atoms. The van der Waals surface area contributed by atoms with Crippen LogP contribution in [0.2, 0.25) is 0 Å². The first-order valence-electron chi connectivity index (χ1n) is 5.52. The van der Waals surface area contributed by atoms with E-state index in [0.717, 1.165) is 0 Å². The van der Waals surface area contributed by atoms with E-state index >= 15 is 0 Å². The fraction of sp³-hybridized carbons (Fsp3) is 0.600. The summed E-state index contributed by atoms with van der Waals surface area (Å²) in [6, 6.07) is 0. The van der Waals surface area contributed by atoms with Gasteiger partial charge in [0.05, 0.1) is 4.99 Å². The summed E-state index contributed by atoms with van der Waals surface area (Å²) in [6.45, 7) is 5.54. The third-order valence-corrected chi connectivity index (χ3v) is 4.95. The highest BCUT2D eigenvalue weighted by molar-refractivity contribution is 7.89. The largest absolute Gasteiger partial charge is 0.393 e. The van der Waals surface area contributed by atoms with Gasteiger partial charge in [-0.3, -0.25) is 0 Å². The van der Waals surface area contributed by atoms with Crippen molar-refractivity contribution in [1.82, 2.24) is 9.46 Å². The molecule has 2 N–H and O–H groups in total. The van der Waals surface area contributed by atoms with E-state index in [1.54, 1.807) is 20.8 Å². The minimum atomic E-state index is -3.60. The Morgan fingerprint density at radius 2 is 2.11 bits per heavy atom. The topological polar surface area (TPSA) is 89.4 Å². The predicted octanol–water partition coefficient (Wildman–Crippen LogP) is 0.978. The SMILES string of the molecule is CCN(CCC(N)=S)S(=O)(=O)c1c(C)noc1C. The van der Waals surface area contributed by atoms with Crippen molar-refractivity contribution >= 4 is 27.2 Å². The zero-order chi connectivity index (χ0) is 13.9. The van der Waals surface area contributed by atoms with Crippen molar-refractivity contribution in [1.29, 1.82) is 0 Å². The Hall–Kier alpha value is -0.990. The van der Waals surface area contributed by atoms with Crippen molar-refractivity contribution in [2.45, 2.75) is 32.1 Å². The number of aryl methyl sites for hydroxylation is 2. The van der Waals surface area contributed by atoms with Gasteiger partial charge in [-0.2, -0.15) is 4.31 Å². The van der Waals surface area contributed by atoms with E-state index in [-0.39, 0.29) is 11.4 Å². The van der Waals surface area contributed by atoms with Gasteiger partial charge in [0.1, 0.15) is 10.6 Å². The van der Waals surface area contributed by atoms with E-state index in [9.17, 15) is 8.42 Å². The summed E-state index contributed by atoms with van der Waals surface area (Å²) in [5.74, 6) is 0.293. The molecule has 0 aliphatic carbocycles. The third kappa shape index (κ3) is 3.06. The van der Waals surface area contributed by atoms with Gasteiger partial charge in [0, 0.05) is 19.5 Å². The lowest BCUT2D eigenvalue weighted by atomic mass is 10.4. The van der Waals surface area contributed by atoms with Gasteiger partial charge < -0.3 is 10.3 Å². The molecule has 0 radical (unpaired) electrons. The van der Waals surface area contributed by atoms with Crippen LogP contribution in [0.3, 0.4) is 0 Å². The van der Waals surface area contributed by atoms with Crippen LogP contribution in [-0.2, 0) is 10.0 Å². The van der Waals surface area contributed by atoms with Gasteiger partial charge in [-0.15, -0.1) is 0 Å². The fourth-order valence-electron chi connectivity index (χ4n) is 1.66. The number of nitrogens with zero attached hydrogens (tertiary/aromatic N) is 2. The molecule has 0 saturated heterocycles. The first-order chi connectivity index (χ1) is 8.30. The Balaban J connectivity index is 3.07. The van der Waals surface area contributed by atoms with Crippen LogP contribution >= 0.6 is 12.2 Å². The second kappa shape index (κ2) is 5.77. The highest BCUT2D eigenvalue weighted by Gasteiger charge is 2.29. The van der Waals surface area contributed by atoms with Crippen LogP contribution in [0.15, 0.2) is 9.42 Å². The van der Waals surface area contributed by atoms with E-state index in [4.69, 9.17) is 22.5 Å². The van der Waals surface area contributed by atoms with E-state index in [0.29, 0.717) is 29.4 Å². The average Bonchev–Trinajstić information content (AvgIpc) is 2.58.